The first-order valence-corrected chi connectivity index (χ1v) is 6.05. The van der Waals surface area contributed by atoms with Crippen LogP contribution in [-0.2, 0) is 6.54 Å². The van der Waals surface area contributed by atoms with E-state index in [1.807, 2.05) is 42.1 Å². The molecule has 0 aliphatic carbocycles. The molecular weight excluding hydrogens is 228 g/mol. The highest BCUT2D eigenvalue weighted by molar-refractivity contribution is 5.38. The van der Waals surface area contributed by atoms with Crippen molar-refractivity contribution in [1.82, 2.24) is 9.78 Å². The number of hydrogen-bond donors (Lipinski definition) is 1. The summed E-state index contributed by atoms with van der Waals surface area (Å²) in [6.07, 6.45) is 3.12. The first-order chi connectivity index (χ1) is 8.66. The third-order valence-electron chi connectivity index (χ3n) is 2.76. The van der Waals surface area contributed by atoms with Gasteiger partial charge in [0.2, 0.25) is 0 Å². The van der Waals surface area contributed by atoms with Crippen molar-refractivity contribution in [1.29, 1.82) is 0 Å². The van der Waals surface area contributed by atoms with E-state index in [0.717, 1.165) is 16.9 Å². The molecule has 1 aromatic heterocycles. The number of rotatable bonds is 5. The van der Waals surface area contributed by atoms with Gasteiger partial charge in [0.1, 0.15) is 12.4 Å². The van der Waals surface area contributed by atoms with Gasteiger partial charge in [-0.1, -0.05) is 12.1 Å². The molecule has 0 saturated heterocycles. The molecule has 0 amide bonds. The smallest absolute Gasteiger partial charge is 0.125 e. The van der Waals surface area contributed by atoms with Gasteiger partial charge in [-0.15, -0.1) is 0 Å². The van der Waals surface area contributed by atoms with Gasteiger partial charge >= 0.3 is 0 Å². The summed E-state index contributed by atoms with van der Waals surface area (Å²) in [5.74, 6) is 0.747. The Balaban J connectivity index is 2.01. The number of benzene rings is 1. The van der Waals surface area contributed by atoms with Crippen molar-refractivity contribution in [3.05, 3.63) is 47.8 Å². The molecule has 2 aromatic rings. The van der Waals surface area contributed by atoms with E-state index in [2.05, 4.69) is 5.10 Å². The first-order valence-electron chi connectivity index (χ1n) is 6.05. The summed E-state index contributed by atoms with van der Waals surface area (Å²) in [5, 5.41) is 13.8. The molecule has 0 aliphatic rings. The third-order valence-corrected chi connectivity index (χ3v) is 2.76. The fourth-order valence-electron chi connectivity index (χ4n) is 1.79. The van der Waals surface area contributed by atoms with Crippen LogP contribution in [0.25, 0.3) is 0 Å². The number of nitrogens with zero attached hydrogens (tertiary/aromatic N) is 2. The second kappa shape index (κ2) is 5.69. The minimum Gasteiger partial charge on any atom is -0.491 e. The quantitative estimate of drug-likeness (QED) is 0.880. The summed E-state index contributed by atoms with van der Waals surface area (Å²) < 4.78 is 7.55. The lowest BCUT2D eigenvalue weighted by atomic mass is 10.1. The summed E-state index contributed by atoms with van der Waals surface area (Å²) in [7, 11) is 0. The van der Waals surface area contributed by atoms with Crippen LogP contribution in [0.5, 0.6) is 5.75 Å². The lowest BCUT2D eigenvalue weighted by Gasteiger charge is -2.14. The second-order valence-electron chi connectivity index (χ2n) is 4.33. The highest BCUT2D eigenvalue weighted by Gasteiger charge is 2.09. The Bertz CT molecular complexity index is 493. The Kier molecular flexibility index (Phi) is 3.99. The molecule has 1 atom stereocenters. The largest absolute Gasteiger partial charge is 0.491 e. The van der Waals surface area contributed by atoms with Crippen molar-refractivity contribution in [2.45, 2.75) is 26.5 Å². The zero-order valence-corrected chi connectivity index (χ0v) is 10.7. The molecule has 0 spiro atoms. The van der Waals surface area contributed by atoms with Gasteiger partial charge in [0.25, 0.3) is 0 Å². The molecule has 4 nitrogen and oxygen atoms in total. The minimum atomic E-state index is -0.523. The van der Waals surface area contributed by atoms with Crippen LogP contribution in [0.15, 0.2) is 36.7 Å². The van der Waals surface area contributed by atoms with E-state index >= 15 is 0 Å². The van der Waals surface area contributed by atoms with E-state index in [1.165, 1.54) is 0 Å². The van der Waals surface area contributed by atoms with Crippen molar-refractivity contribution in [2.24, 2.45) is 0 Å². The average molecular weight is 246 g/mol. The molecule has 0 aliphatic heterocycles. The maximum absolute atomic E-state index is 9.68. The summed E-state index contributed by atoms with van der Waals surface area (Å²) in [6.45, 7) is 4.97. The normalized spacial score (nSPS) is 12.4. The van der Waals surface area contributed by atoms with E-state index in [4.69, 9.17) is 4.74 Å². The second-order valence-corrected chi connectivity index (χ2v) is 4.33. The molecule has 0 radical (unpaired) electrons. The van der Waals surface area contributed by atoms with Gasteiger partial charge in [0.15, 0.2) is 0 Å². The number of ether oxygens (including phenoxy) is 1. The topological polar surface area (TPSA) is 47.3 Å². The molecule has 0 fully saturated rings. The first kappa shape index (κ1) is 12.6. The van der Waals surface area contributed by atoms with E-state index in [0.29, 0.717) is 13.2 Å². The average Bonchev–Trinajstić information content (AvgIpc) is 2.82. The van der Waals surface area contributed by atoms with Crippen LogP contribution in [0.3, 0.4) is 0 Å². The molecule has 96 valence electrons. The molecule has 1 N–H and O–H groups in total. The van der Waals surface area contributed by atoms with Crippen molar-refractivity contribution in [2.75, 3.05) is 6.61 Å². The highest BCUT2D eigenvalue weighted by atomic mass is 16.5. The van der Waals surface area contributed by atoms with Crippen LogP contribution in [0, 0.1) is 6.92 Å². The third kappa shape index (κ3) is 3.11. The van der Waals surface area contributed by atoms with Gasteiger partial charge in [-0.3, -0.25) is 4.68 Å². The fourth-order valence-corrected chi connectivity index (χ4v) is 1.79. The van der Waals surface area contributed by atoms with Crippen molar-refractivity contribution >= 4 is 0 Å². The molecule has 0 unspecified atom stereocenters. The van der Waals surface area contributed by atoms with Gasteiger partial charge in [-0.05, 0) is 31.5 Å². The van der Waals surface area contributed by atoms with Gasteiger partial charge in [-0.25, -0.2) is 0 Å². The standard InChI is InChI=1S/C14H18N2O2/c1-11-4-5-13(12(2)17)14(10-11)18-9-8-16-7-3-6-15-16/h3-7,10,12,17H,8-9H2,1-2H3/t12-/m1/s1. The Labute approximate surface area is 107 Å². The molecule has 0 saturated carbocycles. The maximum Gasteiger partial charge on any atom is 0.125 e. The predicted octanol–water partition coefficient (Wildman–Crippen LogP) is 2.32. The van der Waals surface area contributed by atoms with Crippen LogP contribution >= 0.6 is 0 Å². The number of aliphatic hydroxyl groups is 1. The number of aryl methyl sites for hydroxylation is 1. The SMILES string of the molecule is Cc1ccc([C@@H](C)O)c(OCCn2cccn2)c1. The van der Waals surface area contributed by atoms with Crippen LogP contribution in [0.4, 0.5) is 0 Å². The molecule has 4 heteroatoms. The molecule has 2 rings (SSSR count). The number of hydrogen-bond acceptors (Lipinski definition) is 3. The maximum atomic E-state index is 9.68. The van der Waals surface area contributed by atoms with E-state index < -0.39 is 6.10 Å². The van der Waals surface area contributed by atoms with Crippen molar-refractivity contribution in [3.63, 3.8) is 0 Å². The number of aliphatic hydroxyl groups excluding tert-OH is 1. The van der Waals surface area contributed by atoms with Crippen LogP contribution in [0.2, 0.25) is 0 Å². The molecule has 1 heterocycles. The minimum absolute atomic E-state index is 0.523. The lowest BCUT2D eigenvalue weighted by Crippen LogP contribution is -2.10. The Morgan fingerprint density at radius 2 is 2.28 bits per heavy atom. The van der Waals surface area contributed by atoms with E-state index in [1.54, 1.807) is 13.1 Å². The van der Waals surface area contributed by atoms with Crippen molar-refractivity contribution in [3.8, 4) is 5.75 Å². The van der Waals surface area contributed by atoms with Crippen LogP contribution < -0.4 is 4.74 Å². The zero-order chi connectivity index (χ0) is 13.0. The Hall–Kier alpha value is -1.81. The van der Waals surface area contributed by atoms with Gasteiger partial charge in [-0.2, -0.15) is 5.10 Å². The van der Waals surface area contributed by atoms with Gasteiger partial charge < -0.3 is 9.84 Å². The summed E-state index contributed by atoms with van der Waals surface area (Å²) >= 11 is 0. The van der Waals surface area contributed by atoms with Crippen LogP contribution in [0.1, 0.15) is 24.2 Å². The number of aromatic nitrogens is 2. The summed E-state index contributed by atoms with van der Waals surface area (Å²) in [6, 6.07) is 7.71. The molecule has 1 aromatic carbocycles. The van der Waals surface area contributed by atoms with Gasteiger partial charge in [0.05, 0.1) is 12.6 Å². The van der Waals surface area contributed by atoms with E-state index in [-0.39, 0.29) is 0 Å². The lowest BCUT2D eigenvalue weighted by molar-refractivity contribution is 0.190. The zero-order valence-electron chi connectivity index (χ0n) is 10.7. The van der Waals surface area contributed by atoms with Crippen LogP contribution in [-0.4, -0.2) is 21.5 Å². The Morgan fingerprint density at radius 3 is 2.94 bits per heavy atom. The monoisotopic (exact) mass is 246 g/mol. The molecule has 0 bridgehead atoms. The molecule has 18 heavy (non-hydrogen) atoms. The fraction of sp³-hybridized carbons (Fsp3) is 0.357. The van der Waals surface area contributed by atoms with Gasteiger partial charge in [0, 0.05) is 18.0 Å². The summed E-state index contributed by atoms with van der Waals surface area (Å²) in [5.41, 5.74) is 1.94. The Morgan fingerprint density at radius 1 is 1.44 bits per heavy atom. The van der Waals surface area contributed by atoms with E-state index in [9.17, 15) is 5.11 Å². The van der Waals surface area contributed by atoms with Crippen molar-refractivity contribution < 1.29 is 9.84 Å². The molecular formula is C14H18N2O2. The highest BCUT2D eigenvalue weighted by Crippen LogP contribution is 2.26. The summed E-state index contributed by atoms with van der Waals surface area (Å²) in [4.78, 5) is 0. The predicted molar refractivity (Wildman–Crippen MR) is 69.5 cm³/mol.